The maximum Gasteiger partial charge on any atom is 0.159 e. The number of hydrogen-bond acceptors (Lipinski definition) is 3. The molecule has 2 aromatic rings. The third-order valence-corrected chi connectivity index (χ3v) is 2.75. The fourth-order valence-corrected chi connectivity index (χ4v) is 1.81. The molecule has 0 saturated heterocycles. The van der Waals surface area contributed by atoms with Gasteiger partial charge in [0.1, 0.15) is 11.5 Å². The van der Waals surface area contributed by atoms with Crippen LogP contribution in [0.25, 0.3) is 10.8 Å². The van der Waals surface area contributed by atoms with Crippen molar-refractivity contribution < 1.29 is 14.3 Å². The van der Waals surface area contributed by atoms with E-state index < -0.39 is 0 Å². The molecule has 3 nitrogen and oxygen atoms in total. The molecule has 0 atom stereocenters. The van der Waals surface area contributed by atoms with Crippen LogP contribution in [-0.4, -0.2) is 20.0 Å². The maximum atomic E-state index is 11.3. The largest absolute Gasteiger partial charge is 0.497 e. The quantitative estimate of drug-likeness (QED) is 0.760. The number of fused-ring (bicyclic) bond motifs is 1. The summed E-state index contributed by atoms with van der Waals surface area (Å²) >= 11 is 0. The van der Waals surface area contributed by atoms with Crippen LogP contribution in [0, 0.1) is 0 Å². The Balaban J connectivity index is 2.71. The average molecular weight is 230 g/mol. The van der Waals surface area contributed by atoms with Crippen LogP contribution < -0.4 is 9.47 Å². The topological polar surface area (TPSA) is 35.5 Å². The first-order valence-corrected chi connectivity index (χ1v) is 5.32. The fourth-order valence-electron chi connectivity index (χ4n) is 1.81. The lowest BCUT2D eigenvalue weighted by Gasteiger charge is -2.09. The number of methoxy groups -OCH3 is 2. The smallest absolute Gasteiger partial charge is 0.159 e. The van der Waals surface area contributed by atoms with E-state index in [0.717, 1.165) is 22.3 Å². The van der Waals surface area contributed by atoms with Crippen LogP contribution in [0.15, 0.2) is 30.3 Å². The van der Waals surface area contributed by atoms with E-state index in [1.54, 1.807) is 27.2 Å². The van der Waals surface area contributed by atoms with Crippen molar-refractivity contribution in [3.8, 4) is 11.5 Å². The Labute approximate surface area is 100.0 Å². The van der Waals surface area contributed by atoms with E-state index in [1.807, 2.05) is 24.3 Å². The SMILES string of the molecule is COc1cc(OC)c2ccc(C(C)=O)cc2c1. The summed E-state index contributed by atoms with van der Waals surface area (Å²) in [6.45, 7) is 1.55. The number of carbonyl (C=O) groups is 1. The van der Waals surface area contributed by atoms with Crippen LogP contribution in [0.2, 0.25) is 0 Å². The Morgan fingerprint density at radius 2 is 1.82 bits per heavy atom. The maximum absolute atomic E-state index is 11.3. The Morgan fingerprint density at radius 3 is 2.41 bits per heavy atom. The normalized spacial score (nSPS) is 10.3. The molecule has 0 unspecified atom stereocenters. The van der Waals surface area contributed by atoms with E-state index in [2.05, 4.69) is 0 Å². The van der Waals surface area contributed by atoms with Crippen LogP contribution in [-0.2, 0) is 0 Å². The molecule has 0 saturated carbocycles. The average Bonchev–Trinajstić information content (AvgIpc) is 2.36. The highest BCUT2D eigenvalue weighted by atomic mass is 16.5. The van der Waals surface area contributed by atoms with Gasteiger partial charge < -0.3 is 9.47 Å². The zero-order valence-corrected chi connectivity index (χ0v) is 10.1. The summed E-state index contributed by atoms with van der Waals surface area (Å²) in [5.74, 6) is 1.51. The van der Waals surface area contributed by atoms with Gasteiger partial charge in [-0.05, 0) is 30.5 Å². The number of ketones is 1. The summed E-state index contributed by atoms with van der Waals surface area (Å²) in [4.78, 5) is 11.3. The van der Waals surface area contributed by atoms with Crippen molar-refractivity contribution in [1.82, 2.24) is 0 Å². The third kappa shape index (κ3) is 2.09. The molecule has 0 aliphatic carbocycles. The number of hydrogen-bond donors (Lipinski definition) is 0. The number of Topliss-reactive ketones (excluding diaryl/α,β-unsaturated/α-hetero) is 1. The van der Waals surface area contributed by atoms with Crippen molar-refractivity contribution in [2.45, 2.75) is 6.92 Å². The summed E-state index contributed by atoms with van der Waals surface area (Å²) in [5.41, 5.74) is 0.688. The van der Waals surface area contributed by atoms with Crippen molar-refractivity contribution >= 4 is 16.6 Å². The van der Waals surface area contributed by atoms with Gasteiger partial charge in [-0.15, -0.1) is 0 Å². The molecule has 0 amide bonds. The number of ether oxygens (including phenoxy) is 2. The predicted octanol–water partition coefficient (Wildman–Crippen LogP) is 3.06. The monoisotopic (exact) mass is 230 g/mol. The van der Waals surface area contributed by atoms with Gasteiger partial charge in [0.2, 0.25) is 0 Å². The van der Waals surface area contributed by atoms with Gasteiger partial charge in [0.25, 0.3) is 0 Å². The summed E-state index contributed by atoms with van der Waals surface area (Å²) in [6, 6.07) is 9.27. The summed E-state index contributed by atoms with van der Waals surface area (Å²) in [6.07, 6.45) is 0. The molecular formula is C14H14O3. The van der Waals surface area contributed by atoms with E-state index in [0.29, 0.717) is 5.56 Å². The molecule has 2 rings (SSSR count). The fraction of sp³-hybridized carbons (Fsp3) is 0.214. The number of rotatable bonds is 3. The summed E-state index contributed by atoms with van der Waals surface area (Å²) in [7, 11) is 3.22. The molecule has 3 heteroatoms. The molecule has 0 aromatic heterocycles. The highest BCUT2D eigenvalue weighted by Gasteiger charge is 2.07. The Morgan fingerprint density at radius 1 is 1.06 bits per heavy atom. The molecule has 17 heavy (non-hydrogen) atoms. The van der Waals surface area contributed by atoms with Gasteiger partial charge in [0, 0.05) is 17.0 Å². The van der Waals surface area contributed by atoms with Crippen molar-refractivity contribution in [3.05, 3.63) is 35.9 Å². The Bertz CT molecular complexity index is 573. The van der Waals surface area contributed by atoms with E-state index in [4.69, 9.17) is 9.47 Å². The minimum Gasteiger partial charge on any atom is -0.497 e. The van der Waals surface area contributed by atoms with Gasteiger partial charge in [-0.25, -0.2) is 0 Å². The summed E-state index contributed by atoms with van der Waals surface area (Å²) in [5, 5.41) is 1.91. The first kappa shape index (κ1) is 11.5. The minimum absolute atomic E-state index is 0.0497. The van der Waals surface area contributed by atoms with Gasteiger partial charge in [0.05, 0.1) is 14.2 Å². The van der Waals surface area contributed by atoms with Crippen molar-refractivity contribution in [2.75, 3.05) is 14.2 Å². The second-order valence-electron chi connectivity index (χ2n) is 3.82. The molecule has 88 valence electrons. The first-order valence-electron chi connectivity index (χ1n) is 5.32. The molecule has 0 aliphatic rings. The second-order valence-corrected chi connectivity index (χ2v) is 3.82. The zero-order valence-electron chi connectivity index (χ0n) is 10.1. The molecule has 0 spiro atoms. The number of benzene rings is 2. The van der Waals surface area contributed by atoms with Gasteiger partial charge in [-0.1, -0.05) is 6.07 Å². The lowest BCUT2D eigenvalue weighted by atomic mass is 10.0. The van der Waals surface area contributed by atoms with Crippen LogP contribution in [0.5, 0.6) is 11.5 Å². The minimum atomic E-state index is 0.0497. The molecule has 0 fully saturated rings. The third-order valence-electron chi connectivity index (χ3n) is 2.75. The number of carbonyl (C=O) groups excluding carboxylic acids is 1. The second kappa shape index (κ2) is 4.45. The lowest BCUT2D eigenvalue weighted by molar-refractivity contribution is 0.101. The van der Waals surface area contributed by atoms with E-state index in [1.165, 1.54) is 0 Å². The first-order chi connectivity index (χ1) is 8.15. The molecular weight excluding hydrogens is 216 g/mol. The van der Waals surface area contributed by atoms with Crippen molar-refractivity contribution in [3.63, 3.8) is 0 Å². The predicted molar refractivity (Wildman–Crippen MR) is 67.1 cm³/mol. The van der Waals surface area contributed by atoms with Gasteiger partial charge in [0.15, 0.2) is 5.78 Å². The van der Waals surface area contributed by atoms with Crippen LogP contribution in [0.4, 0.5) is 0 Å². The Hall–Kier alpha value is -2.03. The summed E-state index contributed by atoms with van der Waals surface area (Å²) < 4.78 is 10.5. The van der Waals surface area contributed by atoms with Crippen LogP contribution in [0.3, 0.4) is 0 Å². The molecule has 0 bridgehead atoms. The van der Waals surface area contributed by atoms with Gasteiger partial charge in [-0.2, -0.15) is 0 Å². The standard InChI is InChI=1S/C14H14O3/c1-9(15)10-4-5-13-11(6-10)7-12(16-2)8-14(13)17-3/h4-8H,1-3H3. The molecule has 2 aromatic carbocycles. The molecule has 0 aliphatic heterocycles. The van der Waals surface area contributed by atoms with Crippen molar-refractivity contribution in [1.29, 1.82) is 0 Å². The van der Waals surface area contributed by atoms with Crippen LogP contribution >= 0.6 is 0 Å². The highest BCUT2D eigenvalue weighted by Crippen LogP contribution is 2.31. The van der Waals surface area contributed by atoms with Gasteiger partial charge in [-0.3, -0.25) is 4.79 Å². The van der Waals surface area contributed by atoms with Crippen LogP contribution in [0.1, 0.15) is 17.3 Å². The molecule has 0 heterocycles. The van der Waals surface area contributed by atoms with E-state index in [9.17, 15) is 4.79 Å². The van der Waals surface area contributed by atoms with E-state index >= 15 is 0 Å². The molecule has 0 N–H and O–H groups in total. The zero-order chi connectivity index (χ0) is 12.4. The lowest BCUT2D eigenvalue weighted by Crippen LogP contribution is -1.93. The highest BCUT2D eigenvalue weighted by molar-refractivity contribution is 6.00. The van der Waals surface area contributed by atoms with Gasteiger partial charge >= 0.3 is 0 Å². The van der Waals surface area contributed by atoms with E-state index in [-0.39, 0.29) is 5.78 Å². The Kier molecular flexibility index (Phi) is 3.00. The molecule has 0 radical (unpaired) electrons. The van der Waals surface area contributed by atoms with Crippen molar-refractivity contribution in [2.24, 2.45) is 0 Å².